The molecule has 0 aromatic rings. The third-order valence-corrected chi connectivity index (χ3v) is 4.78. The van der Waals surface area contributed by atoms with Crippen LogP contribution in [-0.4, -0.2) is 64.6 Å². The number of carboxylic acid groups (broad SMARTS) is 1. The maximum Gasteiger partial charge on any atom is 0.325 e. The molecule has 0 fully saturated rings. The first-order valence-electron chi connectivity index (χ1n) is 9.23. The van der Waals surface area contributed by atoms with Gasteiger partial charge in [0, 0.05) is 12.2 Å². The second-order valence-electron chi connectivity index (χ2n) is 6.79. The van der Waals surface area contributed by atoms with Gasteiger partial charge in [-0.2, -0.15) is 12.6 Å². The molecule has 0 saturated carbocycles. The van der Waals surface area contributed by atoms with E-state index in [4.69, 9.17) is 16.6 Å². The Bertz CT molecular complexity index is 617. The number of rotatable bonds is 13. The molecule has 0 aromatic heterocycles. The van der Waals surface area contributed by atoms with Crippen molar-refractivity contribution in [2.24, 2.45) is 17.4 Å². The van der Waals surface area contributed by atoms with Gasteiger partial charge in [0.1, 0.15) is 18.1 Å². The summed E-state index contributed by atoms with van der Waals surface area (Å²) in [6.07, 6.45) is 0.383. The molecule has 0 heterocycles. The lowest BCUT2D eigenvalue weighted by Gasteiger charge is -2.25. The van der Waals surface area contributed by atoms with Crippen LogP contribution < -0.4 is 27.4 Å². The Morgan fingerprint density at radius 3 is 1.93 bits per heavy atom. The van der Waals surface area contributed by atoms with Crippen LogP contribution in [0.15, 0.2) is 0 Å². The largest absolute Gasteiger partial charge is 0.480 e. The number of carbonyl (C=O) groups excluding carboxylic acids is 4. The Morgan fingerprint density at radius 2 is 1.48 bits per heavy atom. The minimum Gasteiger partial charge on any atom is -0.480 e. The number of hydrogen-bond acceptors (Lipinski definition) is 7. The average molecular weight is 434 g/mol. The van der Waals surface area contributed by atoms with E-state index >= 15 is 0 Å². The highest BCUT2D eigenvalue weighted by atomic mass is 32.1. The van der Waals surface area contributed by atoms with Crippen molar-refractivity contribution < 1.29 is 29.1 Å². The number of hydrogen-bond donors (Lipinski definition) is 7. The van der Waals surface area contributed by atoms with Crippen molar-refractivity contribution in [3.8, 4) is 0 Å². The van der Waals surface area contributed by atoms with E-state index in [1.165, 1.54) is 6.92 Å². The van der Waals surface area contributed by atoms with Gasteiger partial charge in [0.2, 0.25) is 23.6 Å². The maximum atomic E-state index is 12.6. The van der Waals surface area contributed by atoms with Gasteiger partial charge in [0.05, 0.1) is 6.04 Å². The Kier molecular flexibility index (Phi) is 11.9. The molecule has 0 bridgehead atoms. The van der Waals surface area contributed by atoms with Crippen LogP contribution in [0.5, 0.6) is 0 Å². The number of carboxylic acids is 1. The Morgan fingerprint density at radius 1 is 0.966 bits per heavy atom. The zero-order valence-corrected chi connectivity index (χ0v) is 17.7. The van der Waals surface area contributed by atoms with Gasteiger partial charge in [-0.25, -0.2) is 0 Å². The molecule has 29 heavy (non-hydrogen) atoms. The summed E-state index contributed by atoms with van der Waals surface area (Å²) in [5.41, 5.74) is 11.0. The van der Waals surface area contributed by atoms with Gasteiger partial charge in [-0.15, -0.1) is 0 Å². The maximum absolute atomic E-state index is 12.6. The highest BCUT2D eigenvalue weighted by Gasteiger charge is 2.29. The first-order chi connectivity index (χ1) is 13.4. The van der Waals surface area contributed by atoms with Crippen LogP contribution in [0.1, 0.15) is 40.0 Å². The number of nitrogens with one attached hydrogen (secondary N) is 3. The van der Waals surface area contributed by atoms with Crippen molar-refractivity contribution in [1.82, 2.24) is 16.0 Å². The molecule has 8 N–H and O–H groups in total. The van der Waals surface area contributed by atoms with Crippen molar-refractivity contribution in [1.29, 1.82) is 0 Å². The van der Waals surface area contributed by atoms with E-state index in [2.05, 4.69) is 28.6 Å². The number of thiol groups is 1. The molecule has 0 spiro atoms. The van der Waals surface area contributed by atoms with Gasteiger partial charge >= 0.3 is 5.97 Å². The van der Waals surface area contributed by atoms with E-state index < -0.39 is 53.8 Å². The molecule has 0 saturated heterocycles. The van der Waals surface area contributed by atoms with Gasteiger partial charge in [-0.05, 0) is 19.3 Å². The lowest BCUT2D eigenvalue weighted by molar-refractivity contribution is -0.141. The van der Waals surface area contributed by atoms with Crippen molar-refractivity contribution in [3.63, 3.8) is 0 Å². The number of amides is 4. The summed E-state index contributed by atoms with van der Waals surface area (Å²) < 4.78 is 0. The fourth-order valence-corrected chi connectivity index (χ4v) is 2.43. The lowest BCUT2D eigenvalue weighted by atomic mass is 9.98. The molecule has 166 valence electrons. The quantitative estimate of drug-likeness (QED) is 0.165. The molecule has 4 amide bonds. The van der Waals surface area contributed by atoms with Crippen LogP contribution in [-0.2, 0) is 24.0 Å². The van der Waals surface area contributed by atoms with Gasteiger partial charge in [0.25, 0.3) is 0 Å². The minimum atomic E-state index is -1.24. The Labute approximate surface area is 175 Å². The summed E-state index contributed by atoms with van der Waals surface area (Å²) in [5, 5.41) is 16.0. The van der Waals surface area contributed by atoms with E-state index in [1.807, 2.05) is 6.92 Å². The van der Waals surface area contributed by atoms with E-state index in [0.29, 0.717) is 6.42 Å². The SMILES string of the molecule is CCC(C)C(N)C(=O)NC(CCC(N)=O)C(=O)NC(CS)C(=O)NC(C)C(=O)O. The molecule has 11 nitrogen and oxygen atoms in total. The molecule has 0 aliphatic carbocycles. The molecular formula is C17H31N5O6S. The molecule has 0 aliphatic rings. The average Bonchev–Trinajstić information content (AvgIpc) is 2.66. The third kappa shape index (κ3) is 9.61. The van der Waals surface area contributed by atoms with E-state index in [1.54, 1.807) is 6.92 Å². The van der Waals surface area contributed by atoms with Gasteiger partial charge in [-0.1, -0.05) is 20.3 Å². The molecule has 5 atom stereocenters. The van der Waals surface area contributed by atoms with E-state index in [0.717, 1.165) is 0 Å². The third-order valence-electron chi connectivity index (χ3n) is 4.42. The summed E-state index contributed by atoms with van der Waals surface area (Å²) in [5.74, 6) is -4.23. The van der Waals surface area contributed by atoms with Crippen LogP contribution in [0, 0.1) is 5.92 Å². The Hall–Kier alpha value is -2.34. The molecule has 0 rings (SSSR count). The molecule has 0 radical (unpaired) electrons. The first kappa shape index (κ1) is 26.7. The molecule has 5 unspecified atom stereocenters. The van der Waals surface area contributed by atoms with Crippen molar-refractivity contribution in [3.05, 3.63) is 0 Å². The normalized spacial score (nSPS) is 15.9. The number of primary amides is 1. The van der Waals surface area contributed by atoms with E-state index in [9.17, 15) is 24.0 Å². The van der Waals surface area contributed by atoms with Crippen LogP contribution >= 0.6 is 12.6 Å². The Balaban J connectivity index is 5.21. The lowest BCUT2D eigenvalue weighted by Crippen LogP contribution is -2.58. The highest BCUT2D eigenvalue weighted by Crippen LogP contribution is 2.07. The summed E-state index contributed by atoms with van der Waals surface area (Å²) in [7, 11) is 0. The summed E-state index contributed by atoms with van der Waals surface area (Å²) in [4.78, 5) is 59.0. The predicted octanol–water partition coefficient (Wildman–Crippen LogP) is -1.89. The molecule has 0 aliphatic heterocycles. The fourth-order valence-electron chi connectivity index (χ4n) is 2.18. The number of nitrogens with two attached hydrogens (primary N) is 2. The minimum absolute atomic E-state index is 0.0907. The number of carbonyl (C=O) groups is 5. The van der Waals surface area contributed by atoms with Gasteiger partial charge in [0.15, 0.2) is 0 Å². The zero-order chi connectivity index (χ0) is 22.7. The first-order valence-corrected chi connectivity index (χ1v) is 9.86. The van der Waals surface area contributed by atoms with Crippen LogP contribution in [0.3, 0.4) is 0 Å². The second kappa shape index (κ2) is 13.0. The summed E-state index contributed by atoms with van der Waals surface area (Å²) in [6.45, 7) is 4.92. The van der Waals surface area contributed by atoms with E-state index in [-0.39, 0.29) is 24.5 Å². The smallest absolute Gasteiger partial charge is 0.325 e. The molecule has 0 aromatic carbocycles. The van der Waals surface area contributed by atoms with Crippen molar-refractivity contribution in [2.75, 3.05) is 5.75 Å². The molecular weight excluding hydrogens is 402 g/mol. The zero-order valence-electron chi connectivity index (χ0n) is 16.8. The van der Waals surface area contributed by atoms with Crippen LogP contribution in [0.25, 0.3) is 0 Å². The monoisotopic (exact) mass is 433 g/mol. The fraction of sp³-hybridized carbons (Fsp3) is 0.706. The molecule has 12 heteroatoms. The summed E-state index contributed by atoms with van der Waals surface area (Å²) in [6, 6.07) is -4.33. The van der Waals surface area contributed by atoms with Crippen molar-refractivity contribution in [2.45, 2.75) is 64.2 Å². The number of aliphatic carboxylic acids is 1. The highest BCUT2D eigenvalue weighted by molar-refractivity contribution is 7.80. The summed E-state index contributed by atoms with van der Waals surface area (Å²) >= 11 is 3.99. The standard InChI is InChI=1S/C17H31N5O6S/c1-4-8(2)13(19)16(26)21-10(5-6-12(18)23)14(24)22-11(7-29)15(25)20-9(3)17(27)28/h8-11,13,29H,4-7,19H2,1-3H3,(H2,18,23)(H,20,25)(H,21,26)(H,22,24)(H,27,28). The van der Waals surface area contributed by atoms with Crippen LogP contribution in [0.4, 0.5) is 0 Å². The van der Waals surface area contributed by atoms with Crippen molar-refractivity contribution >= 4 is 42.2 Å². The van der Waals surface area contributed by atoms with Gasteiger partial charge < -0.3 is 32.5 Å². The predicted molar refractivity (Wildman–Crippen MR) is 109 cm³/mol. The van der Waals surface area contributed by atoms with Gasteiger partial charge in [-0.3, -0.25) is 24.0 Å². The second-order valence-corrected chi connectivity index (χ2v) is 7.15. The topological polar surface area (TPSA) is 194 Å². The van der Waals surface area contributed by atoms with Crippen LogP contribution in [0.2, 0.25) is 0 Å².